The summed E-state index contributed by atoms with van der Waals surface area (Å²) >= 11 is 7.75. The summed E-state index contributed by atoms with van der Waals surface area (Å²) in [4.78, 5) is 75.4. The number of carbonyl (C=O) groups is 6. The van der Waals surface area contributed by atoms with E-state index in [-0.39, 0.29) is 36.9 Å². The Hall–Kier alpha value is -3.25. The SMILES string of the molecule is NC(N)=NCCC[C@H](NC(=O)[C@@H](N)CS)C(=O)NCC(=O)N[C@@H](CCC(=O)O)C(=O)N[C@@H](CS)C(=O)O. The minimum atomic E-state index is -1.40. The fraction of sp³-hybridized carbons (Fsp3) is 0.632. The molecule has 0 aromatic heterocycles. The van der Waals surface area contributed by atoms with Gasteiger partial charge in [0.15, 0.2) is 5.96 Å². The quantitative estimate of drug-likeness (QED) is 0.0327. The highest BCUT2D eigenvalue weighted by atomic mass is 32.1. The molecule has 0 saturated carbocycles. The van der Waals surface area contributed by atoms with Crippen LogP contribution in [0.15, 0.2) is 4.99 Å². The van der Waals surface area contributed by atoms with Crippen LogP contribution >= 0.6 is 25.3 Å². The fourth-order valence-corrected chi connectivity index (χ4v) is 3.08. The molecule has 0 radical (unpaired) electrons. The van der Waals surface area contributed by atoms with Crippen molar-refractivity contribution >= 4 is 66.8 Å². The Labute approximate surface area is 223 Å². The van der Waals surface area contributed by atoms with E-state index in [0.717, 1.165) is 0 Å². The van der Waals surface area contributed by atoms with Gasteiger partial charge in [-0.3, -0.25) is 29.0 Å². The number of carboxylic acids is 2. The predicted molar refractivity (Wildman–Crippen MR) is 139 cm³/mol. The predicted octanol–water partition coefficient (Wildman–Crippen LogP) is -4.25. The fourth-order valence-electron chi connectivity index (χ4n) is 2.66. The molecule has 0 spiro atoms. The van der Waals surface area contributed by atoms with Crippen molar-refractivity contribution in [3.05, 3.63) is 0 Å². The van der Waals surface area contributed by atoms with E-state index in [1.807, 2.05) is 0 Å². The number of hydrogen-bond acceptors (Lipinski definition) is 10. The molecule has 0 unspecified atom stereocenters. The zero-order chi connectivity index (χ0) is 28.5. The molecule has 4 amide bonds. The van der Waals surface area contributed by atoms with Gasteiger partial charge in [-0.1, -0.05) is 0 Å². The minimum Gasteiger partial charge on any atom is -0.481 e. The number of aliphatic carboxylic acids is 2. The van der Waals surface area contributed by atoms with Crippen LogP contribution in [0.3, 0.4) is 0 Å². The third kappa shape index (κ3) is 14.8. The molecule has 12 N–H and O–H groups in total. The van der Waals surface area contributed by atoms with Crippen LogP contribution in [0.25, 0.3) is 0 Å². The van der Waals surface area contributed by atoms with Gasteiger partial charge in [-0.15, -0.1) is 0 Å². The number of nitrogens with two attached hydrogens (primary N) is 3. The van der Waals surface area contributed by atoms with Crippen molar-refractivity contribution < 1.29 is 39.0 Å². The minimum absolute atomic E-state index is 0.0202. The van der Waals surface area contributed by atoms with Crippen molar-refractivity contribution in [1.29, 1.82) is 0 Å². The molecule has 18 heteroatoms. The molecular weight excluding hydrogens is 532 g/mol. The maximum Gasteiger partial charge on any atom is 0.327 e. The molecule has 0 aliphatic carbocycles. The number of nitrogens with zero attached hydrogens (tertiary/aromatic N) is 1. The van der Waals surface area contributed by atoms with Crippen LogP contribution in [0.5, 0.6) is 0 Å². The van der Waals surface area contributed by atoms with Crippen molar-refractivity contribution in [3.63, 3.8) is 0 Å². The first-order valence-corrected chi connectivity index (χ1v) is 12.2. The summed E-state index contributed by atoms with van der Waals surface area (Å²) in [6.07, 6.45) is -0.450. The van der Waals surface area contributed by atoms with E-state index in [0.29, 0.717) is 6.42 Å². The summed E-state index contributed by atoms with van der Waals surface area (Å²) in [5.74, 6) is -6.19. The number of rotatable bonds is 18. The first-order chi connectivity index (χ1) is 17.3. The van der Waals surface area contributed by atoms with Gasteiger partial charge >= 0.3 is 11.9 Å². The van der Waals surface area contributed by atoms with E-state index in [1.165, 1.54) is 0 Å². The number of aliphatic imine (C=N–C) groups is 1. The molecule has 0 saturated heterocycles. The van der Waals surface area contributed by atoms with Crippen LogP contribution in [0.4, 0.5) is 0 Å². The lowest BCUT2D eigenvalue weighted by Gasteiger charge is -2.22. The molecule has 0 aromatic rings. The third-order valence-corrected chi connectivity index (χ3v) is 5.39. The van der Waals surface area contributed by atoms with Gasteiger partial charge in [0.2, 0.25) is 23.6 Å². The number of carboxylic acid groups (broad SMARTS) is 2. The van der Waals surface area contributed by atoms with Crippen LogP contribution in [-0.2, 0) is 28.8 Å². The molecule has 16 nitrogen and oxygen atoms in total. The molecule has 0 bridgehead atoms. The summed E-state index contributed by atoms with van der Waals surface area (Å²) in [7, 11) is 0. The molecule has 0 aromatic carbocycles. The lowest BCUT2D eigenvalue weighted by molar-refractivity contribution is -0.142. The molecular formula is C19H34N8O8S2. The second-order valence-electron chi connectivity index (χ2n) is 7.65. The largest absolute Gasteiger partial charge is 0.481 e. The first-order valence-electron chi connectivity index (χ1n) is 11.0. The summed E-state index contributed by atoms with van der Waals surface area (Å²) in [6.45, 7) is -0.464. The van der Waals surface area contributed by atoms with Crippen molar-refractivity contribution in [2.45, 2.75) is 49.9 Å². The van der Waals surface area contributed by atoms with E-state index in [4.69, 9.17) is 27.4 Å². The zero-order valence-corrected chi connectivity index (χ0v) is 21.7. The van der Waals surface area contributed by atoms with Crippen LogP contribution in [0, 0.1) is 0 Å². The monoisotopic (exact) mass is 566 g/mol. The van der Waals surface area contributed by atoms with Crippen molar-refractivity contribution in [3.8, 4) is 0 Å². The number of guanidine groups is 1. The number of nitrogens with one attached hydrogen (secondary N) is 4. The van der Waals surface area contributed by atoms with Crippen LogP contribution < -0.4 is 38.5 Å². The van der Waals surface area contributed by atoms with E-state index in [2.05, 4.69) is 51.5 Å². The van der Waals surface area contributed by atoms with Crippen LogP contribution in [-0.4, -0.2) is 101 Å². The lowest BCUT2D eigenvalue weighted by atomic mass is 10.1. The Morgan fingerprint density at radius 3 is 1.92 bits per heavy atom. The molecule has 0 aliphatic heterocycles. The van der Waals surface area contributed by atoms with Gasteiger partial charge in [0.1, 0.15) is 18.1 Å². The van der Waals surface area contributed by atoms with E-state index < -0.39 is 72.7 Å². The van der Waals surface area contributed by atoms with Gasteiger partial charge in [0, 0.05) is 24.5 Å². The number of carbonyl (C=O) groups excluding carboxylic acids is 4. The Bertz CT molecular complexity index is 856. The Morgan fingerprint density at radius 2 is 1.41 bits per heavy atom. The second-order valence-corrected chi connectivity index (χ2v) is 8.38. The highest BCUT2D eigenvalue weighted by molar-refractivity contribution is 7.80. The van der Waals surface area contributed by atoms with E-state index >= 15 is 0 Å². The topological polar surface area (TPSA) is 281 Å². The van der Waals surface area contributed by atoms with Crippen LogP contribution in [0.2, 0.25) is 0 Å². The smallest absolute Gasteiger partial charge is 0.327 e. The maximum absolute atomic E-state index is 12.6. The summed E-state index contributed by atoms with van der Waals surface area (Å²) in [5.41, 5.74) is 16.1. The van der Waals surface area contributed by atoms with Crippen molar-refractivity contribution in [2.75, 3.05) is 24.6 Å². The summed E-state index contributed by atoms with van der Waals surface area (Å²) in [6, 6.07) is -4.85. The average Bonchev–Trinajstić information content (AvgIpc) is 2.83. The van der Waals surface area contributed by atoms with Gasteiger partial charge in [-0.05, 0) is 19.3 Å². The number of hydrogen-bond donors (Lipinski definition) is 11. The van der Waals surface area contributed by atoms with Gasteiger partial charge in [-0.25, -0.2) is 4.79 Å². The lowest BCUT2D eigenvalue weighted by Crippen LogP contribution is -2.55. The van der Waals surface area contributed by atoms with Gasteiger partial charge < -0.3 is 48.7 Å². The molecule has 0 heterocycles. The molecule has 37 heavy (non-hydrogen) atoms. The molecule has 0 fully saturated rings. The van der Waals surface area contributed by atoms with Gasteiger partial charge in [0.25, 0.3) is 0 Å². The van der Waals surface area contributed by atoms with E-state index in [9.17, 15) is 28.8 Å². The highest BCUT2D eigenvalue weighted by Crippen LogP contribution is 2.02. The molecule has 210 valence electrons. The highest BCUT2D eigenvalue weighted by Gasteiger charge is 2.27. The van der Waals surface area contributed by atoms with Crippen molar-refractivity contribution in [2.24, 2.45) is 22.2 Å². The first kappa shape index (κ1) is 33.8. The standard InChI is InChI=1S/C19H34N8O8S2/c20-9(7-36)15(31)26-10(2-1-5-23-19(21)22)16(32)24-6-13(28)25-11(3-4-14(29)30)17(33)27-12(8-37)18(34)35/h9-12,36-37H,1-8,20H2,(H,24,32)(H,25,28)(H,26,31)(H,27,33)(H,29,30)(H,34,35)(H4,21,22,23)/t9-,10-,11-,12-/m0/s1. The van der Waals surface area contributed by atoms with Gasteiger partial charge in [0.05, 0.1) is 12.6 Å². The summed E-state index contributed by atoms with van der Waals surface area (Å²) in [5, 5.41) is 27.1. The normalized spacial score (nSPS) is 13.7. The Kier molecular flexibility index (Phi) is 16.5. The Morgan fingerprint density at radius 1 is 0.811 bits per heavy atom. The molecule has 4 atom stereocenters. The summed E-state index contributed by atoms with van der Waals surface area (Å²) < 4.78 is 0. The van der Waals surface area contributed by atoms with Crippen LogP contribution in [0.1, 0.15) is 25.7 Å². The molecule has 0 aliphatic rings. The van der Waals surface area contributed by atoms with Crippen molar-refractivity contribution in [1.82, 2.24) is 21.3 Å². The number of amides is 4. The maximum atomic E-state index is 12.6. The zero-order valence-electron chi connectivity index (χ0n) is 19.9. The average molecular weight is 567 g/mol. The third-order valence-electron chi connectivity index (χ3n) is 4.63. The Balaban J connectivity index is 5.22. The van der Waals surface area contributed by atoms with Gasteiger partial charge in [-0.2, -0.15) is 25.3 Å². The molecule has 0 rings (SSSR count). The van der Waals surface area contributed by atoms with E-state index in [1.54, 1.807) is 0 Å². The second kappa shape index (κ2) is 18.1. The number of thiol groups is 2.